The van der Waals surface area contributed by atoms with Crippen LogP contribution in [0.4, 0.5) is 0 Å². The first-order chi connectivity index (χ1) is 8.43. The number of carbonyl (C=O) groups excluding carboxylic acids is 2. The molecule has 0 spiro atoms. The summed E-state index contributed by atoms with van der Waals surface area (Å²) in [6.07, 6.45) is 3.84. The van der Waals surface area contributed by atoms with E-state index in [1.807, 2.05) is 6.92 Å². The number of hydrogen-bond donors (Lipinski definition) is 1. The molecule has 0 amide bonds. The number of ether oxygens (including phenoxy) is 1. The zero-order valence-corrected chi connectivity index (χ0v) is 10.3. The molecule has 1 saturated heterocycles. The van der Waals surface area contributed by atoms with E-state index in [2.05, 4.69) is 6.58 Å². The Labute approximate surface area is 105 Å². The van der Waals surface area contributed by atoms with E-state index in [4.69, 9.17) is 4.74 Å². The van der Waals surface area contributed by atoms with E-state index in [1.54, 1.807) is 6.08 Å². The van der Waals surface area contributed by atoms with Gasteiger partial charge in [0.1, 0.15) is 6.10 Å². The van der Waals surface area contributed by atoms with Gasteiger partial charge in [-0.1, -0.05) is 13.5 Å². The molecule has 3 aliphatic rings. The molecule has 0 unspecified atom stereocenters. The minimum atomic E-state index is -1.09. The van der Waals surface area contributed by atoms with Crippen molar-refractivity contribution in [3.63, 3.8) is 0 Å². The van der Waals surface area contributed by atoms with Crippen molar-refractivity contribution in [2.75, 3.05) is 0 Å². The highest BCUT2D eigenvalue weighted by Crippen LogP contribution is 2.48. The second-order valence-electron chi connectivity index (χ2n) is 5.62. The number of rotatable bonds is 0. The summed E-state index contributed by atoms with van der Waals surface area (Å²) >= 11 is 0. The Bertz CT molecular complexity index is 478. The van der Waals surface area contributed by atoms with E-state index in [-0.39, 0.29) is 29.7 Å². The van der Waals surface area contributed by atoms with Crippen molar-refractivity contribution in [2.45, 2.75) is 31.5 Å². The molecule has 3 rings (SSSR count). The molecule has 2 fully saturated rings. The predicted molar refractivity (Wildman–Crippen MR) is 63.5 cm³/mol. The lowest BCUT2D eigenvalue weighted by atomic mass is 9.78. The van der Waals surface area contributed by atoms with Crippen LogP contribution in [0.25, 0.3) is 0 Å². The van der Waals surface area contributed by atoms with Crippen molar-refractivity contribution < 1.29 is 19.4 Å². The van der Waals surface area contributed by atoms with Gasteiger partial charge >= 0.3 is 5.97 Å². The topological polar surface area (TPSA) is 63.6 Å². The highest BCUT2D eigenvalue weighted by molar-refractivity contribution is 5.96. The van der Waals surface area contributed by atoms with Crippen LogP contribution in [-0.2, 0) is 14.3 Å². The van der Waals surface area contributed by atoms with Gasteiger partial charge in [0.2, 0.25) is 0 Å². The molecule has 2 aliphatic carbocycles. The molecule has 0 aromatic heterocycles. The maximum atomic E-state index is 11.9. The van der Waals surface area contributed by atoms with Crippen LogP contribution in [0, 0.1) is 17.8 Å². The predicted octanol–water partition coefficient (Wildman–Crippen LogP) is 1.00. The van der Waals surface area contributed by atoms with Gasteiger partial charge in [0.15, 0.2) is 5.78 Å². The monoisotopic (exact) mass is 248 g/mol. The Kier molecular flexibility index (Phi) is 2.29. The molecular weight excluding hydrogens is 232 g/mol. The number of ketones is 1. The maximum Gasteiger partial charge on any atom is 0.334 e. The van der Waals surface area contributed by atoms with E-state index >= 15 is 0 Å². The summed E-state index contributed by atoms with van der Waals surface area (Å²) in [5.41, 5.74) is -0.648. The van der Waals surface area contributed by atoms with Gasteiger partial charge in [-0.05, 0) is 30.9 Å². The molecule has 5 atom stereocenters. The molecule has 1 aliphatic heterocycles. The quantitative estimate of drug-likeness (QED) is 0.513. The smallest absolute Gasteiger partial charge is 0.334 e. The Morgan fingerprint density at radius 1 is 1.44 bits per heavy atom. The van der Waals surface area contributed by atoms with Crippen LogP contribution in [0.1, 0.15) is 19.8 Å². The number of hydrogen-bond acceptors (Lipinski definition) is 4. The highest BCUT2D eigenvalue weighted by Gasteiger charge is 2.54. The average Bonchev–Trinajstić information content (AvgIpc) is 2.71. The van der Waals surface area contributed by atoms with Gasteiger partial charge in [-0.15, -0.1) is 0 Å². The fourth-order valence-electron chi connectivity index (χ4n) is 3.46. The third-order valence-electron chi connectivity index (χ3n) is 4.70. The summed E-state index contributed by atoms with van der Waals surface area (Å²) in [4.78, 5) is 23.4. The van der Waals surface area contributed by atoms with E-state index in [0.29, 0.717) is 18.4 Å². The fraction of sp³-hybridized carbons (Fsp3) is 0.571. The molecule has 1 heterocycles. The second-order valence-corrected chi connectivity index (χ2v) is 5.62. The number of aliphatic hydroxyl groups is 1. The van der Waals surface area contributed by atoms with Crippen LogP contribution >= 0.6 is 0 Å². The van der Waals surface area contributed by atoms with Gasteiger partial charge in [-0.3, -0.25) is 4.79 Å². The lowest BCUT2D eigenvalue weighted by molar-refractivity contribution is -0.140. The van der Waals surface area contributed by atoms with Crippen molar-refractivity contribution in [1.29, 1.82) is 0 Å². The molecule has 0 bridgehead atoms. The van der Waals surface area contributed by atoms with Crippen molar-refractivity contribution in [3.05, 3.63) is 24.3 Å². The van der Waals surface area contributed by atoms with Gasteiger partial charge in [0.05, 0.1) is 11.5 Å². The van der Waals surface area contributed by atoms with Crippen LogP contribution in [0.5, 0.6) is 0 Å². The van der Waals surface area contributed by atoms with Crippen molar-refractivity contribution >= 4 is 11.8 Å². The Morgan fingerprint density at radius 2 is 2.17 bits per heavy atom. The summed E-state index contributed by atoms with van der Waals surface area (Å²) < 4.78 is 5.29. The Hall–Kier alpha value is -1.42. The van der Waals surface area contributed by atoms with E-state index in [1.165, 1.54) is 6.08 Å². The lowest BCUT2D eigenvalue weighted by Crippen LogP contribution is -2.41. The summed E-state index contributed by atoms with van der Waals surface area (Å²) in [5, 5.41) is 10.7. The fourth-order valence-corrected chi connectivity index (χ4v) is 3.46. The van der Waals surface area contributed by atoms with Crippen LogP contribution in [0.15, 0.2) is 24.3 Å². The number of fused-ring (bicyclic) bond motifs is 2. The maximum absolute atomic E-state index is 11.9. The zero-order valence-electron chi connectivity index (χ0n) is 10.3. The largest absolute Gasteiger partial charge is 0.458 e. The van der Waals surface area contributed by atoms with Crippen molar-refractivity contribution in [1.82, 2.24) is 0 Å². The molecule has 0 aromatic carbocycles. The molecule has 0 aromatic rings. The summed E-state index contributed by atoms with van der Waals surface area (Å²) in [5.74, 6) is -1.13. The molecule has 1 N–H and O–H groups in total. The zero-order chi connectivity index (χ0) is 13.1. The summed E-state index contributed by atoms with van der Waals surface area (Å²) in [6, 6.07) is 0. The van der Waals surface area contributed by atoms with Gasteiger partial charge in [0, 0.05) is 11.5 Å². The lowest BCUT2D eigenvalue weighted by Gasteiger charge is -2.32. The first kappa shape index (κ1) is 11.7. The van der Waals surface area contributed by atoms with Gasteiger partial charge in [-0.2, -0.15) is 0 Å². The van der Waals surface area contributed by atoms with Gasteiger partial charge < -0.3 is 9.84 Å². The van der Waals surface area contributed by atoms with Crippen LogP contribution in [-0.4, -0.2) is 28.6 Å². The van der Waals surface area contributed by atoms with Gasteiger partial charge in [-0.25, -0.2) is 4.79 Å². The first-order valence-electron chi connectivity index (χ1n) is 6.28. The van der Waals surface area contributed by atoms with E-state index in [0.717, 1.165) is 0 Å². The van der Waals surface area contributed by atoms with Crippen LogP contribution in [0.3, 0.4) is 0 Å². The molecule has 0 radical (unpaired) electrons. The van der Waals surface area contributed by atoms with Gasteiger partial charge in [0.25, 0.3) is 0 Å². The summed E-state index contributed by atoms with van der Waals surface area (Å²) in [7, 11) is 0. The standard InChI is InChI=1S/C14H16O4/c1-7-5-12-9(8(2)13(16)18-12)6-10-11(15)3-4-14(7,10)17/h3-4,7,9-10,12,17H,2,5-6H2,1H3/t7-,9-,10+,12-,14-/m1/s1. The third-order valence-corrected chi connectivity index (χ3v) is 4.70. The Balaban J connectivity index is 1.99. The molecule has 4 heteroatoms. The molecule has 96 valence electrons. The van der Waals surface area contributed by atoms with E-state index in [9.17, 15) is 14.7 Å². The minimum absolute atomic E-state index is 0.0582. The van der Waals surface area contributed by atoms with Crippen molar-refractivity contribution in [2.24, 2.45) is 17.8 Å². The highest BCUT2D eigenvalue weighted by atomic mass is 16.6. The Morgan fingerprint density at radius 3 is 2.89 bits per heavy atom. The normalized spacial score (nSPS) is 46.7. The van der Waals surface area contributed by atoms with E-state index < -0.39 is 11.5 Å². The van der Waals surface area contributed by atoms with Crippen molar-refractivity contribution in [3.8, 4) is 0 Å². The average molecular weight is 248 g/mol. The second kappa shape index (κ2) is 3.54. The molecule has 4 nitrogen and oxygen atoms in total. The first-order valence-corrected chi connectivity index (χ1v) is 6.28. The van der Waals surface area contributed by atoms with Crippen LogP contribution < -0.4 is 0 Å². The summed E-state index contributed by atoms with van der Waals surface area (Å²) in [6.45, 7) is 5.66. The SMILES string of the molecule is C=C1C(=O)O[C@@H]2C[C@@H](C)[C@]3(O)C=CC(=O)[C@@H]3C[C@H]12. The minimum Gasteiger partial charge on any atom is -0.458 e. The number of allylic oxidation sites excluding steroid dienone is 1. The van der Waals surface area contributed by atoms with Crippen LogP contribution in [0.2, 0.25) is 0 Å². The number of carbonyl (C=O) groups is 2. The molecule has 1 saturated carbocycles. The molecular formula is C14H16O4. The molecule has 18 heavy (non-hydrogen) atoms. The number of esters is 1. The third kappa shape index (κ3) is 1.35.